The first-order valence-corrected chi connectivity index (χ1v) is 11.8. The maximum absolute atomic E-state index is 13.2. The van der Waals surface area contributed by atoms with Crippen LogP contribution in [0.3, 0.4) is 0 Å². The number of esters is 1. The number of carbonyl (C=O) groups excluding carboxylic acids is 1. The van der Waals surface area contributed by atoms with E-state index in [1.807, 2.05) is 18.4 Å². The van der Waals surface area contributed by atoms with E-state index < -0.39 is 28.3 Å². The third kappa shape index (κ3) is 4.54. The summed E-state index contributed by atoms with van der Waals surface area (Å²) in [5, 5.41) is 2.10. The molecule has 2 heterocycles. The number of thiophene rings is 1. The molecule has 8 nitrogen and oxygen atoms in total. The summed E-state index contributed by atoms with van der Waals surface area (Å²) >= 11 is 7.88. The van der Waals surface area contributed by atoms with Gasteiger partial charge in [0.1, 0.15) is 6.23 Å². The minimum atomic E-state index is -4.83. The van der Waals surface area contributed by atoms with Gasteiger partial charge in [-0.05, 0) is 29.5 Å². The first-order valence-electron chi connectivity index (χ1n) is 9.18. The van der Waals surface area contributed by atoms with Crippen molar-refractivity contribution < 1.29 is 31.4 Å². The van der Waals surface area contributed by atoms with Gasteiger partial charge in [-0.15, -0.1) is 11.3 Å². The van der Waals surface area contributed by atoms with E-state index in [0.29, 0.717) is 6.42 Å². The van der Waals surface area contributed by atoms with Crippen molar-refractivity contribution in [2.75, 3.05) is 13.7 Å². The van der Waals surface area contributed by atoms with Gasteiger partial charge in [0.15, 0.2) is 0 Å². The number of halogens is 1. The number of rotatable bonds is 8. The summed E-state index contributed by atoms with van der Waals surface area (Å²) in [4.78, 5) is 15.6. The monoisotopic (exact) mass is 475 g/mol. The second-order valence-electron chi connectivity index (χ2n) is 6.64. The highest BCUT2D eigenvalue weighted by Gasteiger charge is 2.54. The van der Waals surface area contributed by atoms with Crippen molar-refractivity contribution in [1.29, 1.82) is 0 Å². The van der Waals surface area contributed by atoms with Gasteiger partial charge < -0.3 is 9.47 Å². The predicted molar refractivity (Wildman–Crippen MR) is 111 cm³/mol. The summed E-state index contributed by atoms with van der Waals surface area (Å²) in [5.74, 6) is -0.785. The second-order valence-corrected chi connectivity index (χ2v) is 9.10. The fourth-order valence-corrected chi connectivity index (χ4v) is 5.14. The molecular weight excluding hydrogens is 454 g/mol. The number of carbonyl (C=O) groups is 1. The average Bonchev–Trinajstić information content (AvgIpc) is 3.15. The highest BCUT2D eigenvalue weighted by atomic mass is 35.5. The Morgan fingerprint density at radius 1 is 1.37 bits per heavy atom. The normalized spacial score (nSPS) is 19.1. The van der Waals surface area contributed by atoms with E-state index in [0.717, 1.165) is 10.4 Å². The molecule has 30 heavy (non-hydrogen) atoms. The highest BCUT2D eigenvalue weighted by molar-refractivity contribution is 7.80. The van der Waals surface area contributed by atoms with E-state index in [-0.39, 0.29) is 30.2 Å². The van der Waals surface area contributed by atoms with Crippen molar-refractivity contribution in [3.8, 4) is 0 Å². The average molecular weight is 476 g/mol. The van der Waals surface area contributed by atoms with Crippen LogP contribution in [0.5, 0.6) is 0 Å². The zero-order valence-corrected chi connectivity index (χ0v) is 18.8. The van der Waals surface area contributed by atoms with E-state index in [1.54, 1.807) is 24.3 Å². The SMILES string of the molecule is CCCO[C@](C(=O)OC)(c1ccccc1Cl)N1Cc2ccsc2CC1OS(=O)(=O)O. The van der Waals surface area contributed by atoms with Gasteiger partial charge in [-0.25, -0.2) is 13.9 Å². The Labute approximate surface area is 184 Å². The van der Waals surface area contributed by atoms with Gasteiger partial charge >= 0.3 is 16.4 Å². The van der Waals surface area contributed by atoms with Gasteiger partial charge in [0.05, 0.1) is 7.11 Å². The molecule has 0 fully saturated rings. The Hall–Kier alpha value is -1.53. The minimum absolute atomic E-state index is 0.114. The lowest BCUT2D eigenvalue weighted by Gasteiger charge is -2.46. The van der Waals surface area contributed by atoms with E-state index in [4.69, 9.17) is 25.3 Å². The van der Waals surface area contributed by atoms with Crippen LogP contribution in [0.15, 0.2) is 35.7 Å². The molecular formula is C19H22ClNO7S2. The van der Waals surface area contributed by atoms with E-state index in [1.165, 1.54) is 23.3 Å². The van der Waals surface area contributed by atoms with E-state index in [9.17, 15) is 17.8 Å². The smallest absolute Gasteiger partial charge is 0.398 e. The number of methoxy groups -OCH3 is 1. The molecule has 0 saturated carbocycles. The maximum Gasteiger partial charge on any atom is 0.398 e. The largest absolute Gasteiger partial charge is 0.466 e. The number of hydrogen-bond acceptors (Lipinski definition) is 8. The van der Waals surface area contributed by atoms with Crippen LogP contribution in [-0.2, 0) is 47.5 Å². The minimum Gasteiger partial charge on any atom is -0.466 e. The molecule has 11 heteroatoms. The second kappa shape index (κ2) is 9.31. The molecule has 1 N–H and O–H groups in total. The molecule has 1 aliphatic heterocycles. The van der Waals surface area contributed by atoms with Gasteiger partial charge in [-0.3, -0.25) is 4.55 Å². The number of fused-ring (bicyclic) bond motifs is 1. The Morgan fingerprint density at radius 3 is 2.73 bits per heavy atom. The molecule has 3 rings (SSSR count). The summed E-state index contributed by atoms with van der Waals surface area (Å²) in [5.41, 5.74) is -0.719. The topological polar surface area (TPSA) is 102 Å². The van der Waals surface area contributed by atoms with Crippen molar-refractivity contribution in [2.45, 2.75) is 38.3 Å². The molecule has 0 amide bonds. The highest BCUT2D eigenvalue weighted by Crippen LogP contribution is 2.42. The first kappa shape index (κ1) is 23.1. The molecule has 1 aromatic carbocycles. The lowest BCUT2D eigenvalue weighted by Crippen LogP contribution is -2.60. The zero-order valence-electron chi connectivity index (χ0n) is 16.4. The van der Waals surface area contributed by atoms with Crippen LogP contribution in [0.4, 0.5) is 0 Å². The van der Waals surface area contributed by atoms with Crippen LogP contribution >= 0.6 is 22.9 Å². The summed E-state index contributed by atoms with van der Waals surface area (Å²) in [7, 11) is -3.62. The molecule has 2 atom stereocenters. The molecule has 2 aromatic rings. The number of benzene rings is 1. The predicted octanol–water partition coefficient (Wildman–Crippen LogP) is 3.36. The van der Waals surface area contributed by atoms with E-state index >= 15 is 0 Å². The molecule has 1 unspecified atom stereocenters. The molecule has 0 radical (unpaired) electrons. The van der Waals surface area contributed by atoms with Crippen molar-refractivity contribution in [1.82, 2.24) is 4.90 Å². The quantitative estimate of drug-likeness (QED) is 0.458. The van der Waals surface area contributed by atoms with Crippen molar-refractivity contribution in [2.24, 2.45) is 0 Å². The fraction of sp³-hybridized carbons (Fsp3) is 0.421. The van der Waals surface area contributed by atoms with Crippen LogP contribution < -0.4 is 0 Å². The molecule has 1 aliphatic rings. The van der Waals surface area contributed by atoms with Gasteiger partial charge in [0, 0.05) is 35.0 Å². The van der Waals surface area contributed by atoms with Gasteiger partial charge in [0.2, 0.25) is 0 Å². The Kier molecular flexibility index (Phi) is 7.18. The zero-order chi connectivity index (χ0) is 21.9. The lowest BCUT2D eigenvalue weighted by atomic mass is 9.96. The summed E-state index contributed by atoms with van der Waals surface area (Å²) < 4.78 is 48.8. The summed E-state index contributed by atoms with van der Waals surface area (Å²) in [6.45, 7) is 2.14. The number of ether oxygens (including phenoxy) is 2. The molecule has 0 bridgehead atoms. The Balaban J connectivity index is 2.23. The molecule has 0 aliphatic carbocycles. The molecule has 164 valence electrons. The first-order chi connectivity index (χ1) is 14.2. The molecule has 0 saturated heterocycles. The number of nitrogens with zero attached hydrogens (tertiary/aromatic N) is 1. The van der Waals surface area contributed by atoms with Gasteiger partial charge in [0.25, 0.3) is 5.72 Å². The Bertz CT molecular complexity index is 1010. The van der Waals surface area contributed by atoms with Crippen LogP contribution in [0, 0.1) is 0 Å². The summed E-state index contributed by atoms with van der Waals surface area (Å²) in [6.07, 6.45) is -0.533. The number of hydrogen-bond donors (Lipinski definition) is 1. The van der Waals surface area contributed by atoms with E-state index in [2.05, 4.69) is 0 Å². The standard InChI is InChI=1S/C19H22ClNO7S2/c1-3-9-27-19(18(22)26-2,14-6-4-5-7-15(14)20)21-12-13-8-10-29-16(13)11-17(21)28-30(23,24)25/h4-8,10,17H,3,9,11-12H2,1-2H3,(H,23,24,25)/t17?,19-/m0/s1. The molecule has 0 spiro atoms. The van der Waals surface area contributed by atoms with Crippen molar-refractivity contribution >= 4 is 39.3 Å². The Morgan fingerprint density at radius 2 is 2.10 bits per heavy atom. The van der Waals surface area contributed by atoms with Crippen molar-refractivity contribution in [3.05, 3.63) is 56.7 Å². The third-order valence-electron chi connectivity index (χ3n) is 4.74. The fourth-order valence-electron chi connectivity index (χ4n) is 3.51. The summed E-state index contributed by atoms with van der Waals surface area (Å²) in [6, 6.07) is 8.48. The third-order valence-corrected chi connectivity index (χ3v) is 6.52. The van der Waals surface area contributed by atoms with Crippen LogP contribution in [0.2, 0.25) is 5.02 Å². The van der Waals surface area contributed by atoms with Gasteiger partial charge in [-0.1, -0.05) is 36.7 Å². The van der Waals surface area contributed by atoms with Crippen molar-refractivity contribution in [3.63, 3.8) is 0 Å². The van der Waals surface area contributed by atoms with Crippen LogP contribution in [0.25, 0.3) is 0 Å². The maximum atomic E-state index is 13.2. The van der Waals surface area contributed by atoms with Crippen LogP contribution in [-0.4, -0.2) is 43.8 Å². The molecule has 1 aromatic heterocycles. The lowest BCUT2D eigenvalue weighted by molar-refractivity contribution is -0.233. The van der Waals surface area contributed by atoms with Gasteiger partial charge in [-0.2, -0.15) is 8.42 Å². The van der Waals surface area contributed by atoms with Crippen LogP contribution in [0.1, 0.15) is 29.3 Å².